The van der Waals surface area contributed by atoms with Gasteiger partial charge >= 0.3 is 0 Å². The number of hydrazine groups is 1. The summed E-state index contributed by atoms with van der Waals surface area (Å²) < 4.78 is 3.20. The maximum atomic E-state index is 6.20. The van der Waals surface area contributed by atoms with Crippen molar-refractivity contribution < 1.29 is 0 Å². The van der Waals surface area contributed by atoms with Gasteiger partial charge < -0.3 is 0 Å². The number of hydrogen-bond donors (Lipinski definition) is 1. The topological polar surface area (TPSA) is 29.0 Å². The van der Waals surface area contributed by atoms with Crippen molar-refractivity contribution >= 4 is 34.0 Å². The molecule has 2 aromatic carbocycles. The lowest BCUT2D eigenvalue weighted by atomic mass is 10.3. The van der Waals surface area contributed by atoms with Crippen LogP contribution in [0.2, 0.25) is 0 Å². The van der Waals surface area contributed by atoms with Gasteiger partial charge in [0.15, 0.2) is 0 Å². The second-order valence-corrected chi connectivity index (χ2v) is 8.00. The molecule has 2 nitrogen and oxygen atoms in total. The SMILES string of the molecule is N[N+]1=c2ccccc2=ISc2ccccc21. The van der Waals surface area contributed by atoms with Crippen molar-refractivity contribution in [1.29, 1.82) is 0 Å². The number of nitrogens with two attached hydrogens (primary N) is 1. The summed E-state index contributed by atoms with van der Waals surface area (Å²) in [6, 6.07) is 16.7. The Hall–Kier alpha value is -0.880. The summed E-state index contributed by atoms with van der Waals surface area (Å²) in [4.78, 5) is 1.29. The first-order chi connectivity index (χ1) is 7.86. The van der Waals surface area contributed by atoms with Gasteiger partial charge in [0.1, 0.15) is 0 Å². The van der Waals surface area contributed by atoms with E-state index in [-0.39, 0.29) is 19.3 Å². The van der Waals surface area contributed by atoms with Gasteiger partial charge in [0.05, 0.1) is 8.05 Å². The first-order valence-corrected chi connectivity index (χ1v) is 9.35. The van der Waals surface area contributed by atoms with Gasteiger partial charge in [-0.05, 0) is 31.5 Å². The lowest BCUT2D eigenvalue weighted by Gasteiger charge is -1.97. The van der Waals surface area contributed by atoms with Crippen LogP contribution in [0.4, 0.5) is 5.69 Å². The molecule has 0 aromatic heterocycles. The van der Waals surface area contributed by atoms with Crippen molar-refractivity contribution in [3.8, 4) is 0 Å². The molecule has 0 saturated heterocycles. The zero-order valence-electron chi connectivity index (χ0n) is 8.43. The minimum Gasteiger partial charge on any atom is -0.204 e. The fraction of sp³-hybridized carbons (Fsp3) is 0. The van der Waals surface area contributed by atoms with Gasteiger partial charge in [-0.3, -0.25) is 0 Å². The molecule has 0 saturated carbocycles. The van der Waals surface area contributed by atoms with Gasteiger partial charge in [-0.2, -0.15) is 0 Å². The van der Waals surface area contributed by atoms with E-state index in [0.717, 1.165) is 11.0 Å². The highest BCUT2D eigenvalue weighted by atomic mass is 127. The van der Waals surface area contributed by atoms with Crippen LogP contribution in [0, 0.1) is 3.15 Å². The first kappa shape index (κ1) is 10.3. The van der Waals surface area contributed by atoms with E-state index in [2.05, 4.69) is 36.4 Å². The van der Waals surface area contributed by atoms with Crippen LogP contribution in [0.3, 0.4) is 0 Å². The van der Waals surface area contributed by atoms with Crippen LogP contribution in [0.5, 0.6) is 0 Å². The highest BCUT2D eigenvalue weighted by molar-refractivity contribution is 14.2. The summed E-state index contributed by atoms with van der Waals surface area (Å²) in [5.74, 6) is 6.20. The minimum absolute atomic E-state index is 0.0537. The average Bonchev–Trinajstić information content (AvgIpc) is 2.49. The van der Waals surface area contributed by atoms with Crippen molar-refractivity contribution in [2.75, 3.05) is 0 Å². The maximum absolute atomic E-state index is 6.20. The third-order valence-electron chi connectivity index (χ3n) is 2.44. The van der Waals surface area contributed by atoms with E-state index in [0.29, 0.717) is 0 Å². The van der Waals surface area contributed by atoms with Gasteiger partial charge in [-0.15, -0.1) is 0 Å². The van der Waals surface area contributed by atoms with E-state index in [1.165, 1.54) is 8.05 Å². The van der Waals surface area contributed by atoms with E-state index in [4.69, 9.17) is 5.84 Å². The molecule has 0 fully saturated rings. The Morgan fingerprint density at radius 1 is 1.00 bits per heavy atom. The predicted octanol–water partition coefficient (Wildman–Crippen LogP) is 2.63. The molecule has 0 bridgehead atoms. The Labute approximate surface area is 106 Å². The highest BCUT2D eigenvalue weighted by Gasteiger charge is 2.16. The van der Waals surface area contributed by atoms with E-state index >= 15 is 0 Å². The molecule has 0 aliphatic carbocycles. The number of para-hydroxylation sites is 2. The average molecular weight is 341 g/mol. The number of rotatable bonds is 0. The molecule has 3 rings (SSSR count). The van der Waals surface area contributed by atoms with Gasteiger partial charge in [0.2, 0.25) is 11.0 Å². The Kier molecular flexibility index (Phi) is 2.69. The summed E-state index contributed by atoms with van der Waals surface area (Å²) in [6.07, 6.45) is 0. The van der Waals surface area contributed by atoms with Crippen LogP contribution >= 0.6 is 28.3 Å². The van der Waals surface area contributed by atoms with E-state index in [1.54, 1.807) is 0 Å². The van der Waals surface area contributed by atoms with Crippen LogP contribution in [0.15, 0.2) is 53.4 Å². The van der Waals surface area contributed by atoms with Gasteiger partial charge in [-0.25, -0.2) is 5.84 Å². The molecule has 1 aliphatic heterocycles. The second-order valence-electron chi connectivity index (χ2n) is 3.44. The lowest BCUT2D eigenvalue weighted by molar-refractivity contribution is 0.779. The fourth-order valence-electron chi connectivity index (χ4n) is 1.65. The molecule has 80 valence electrons. The molecule has 0 spiro atoms. The van der Waals surface area contributed by atoms with Crippen LogP contribution < -0.4 is 15.9 Å². The fourth-order valence-corrected chi connectivity index (χ4v) is 6.62. The molecule has 0 atom stereocenters. The monoisotopic (exact) mass is 341 g/mol. The van der Waals surface area contributed by atoms with Crippen molar-refractivity contribution in [1.82, 2.24) is 4.68 Å². The predicted molar refractivity (Wildman–Crippen MR) is 76.3 cm³/mol. The number of benzene rings is 2. The van der Waals surface area contributed by atoms with Crippen molar-refractivity contribution in [3.05, 3.63) is 57.0 Å². The highest BCUT2D eigenvalue weighted by Crippen LogP contribution is 2.38. The molecule has 1 aliphatic rings. The molecule has 4 heteroatoms. The van der Waals surface area contributed by atoms with Crippen LogP contribution in [-0.4, -0.2) is 0 Å². The zero-order chi connectivity index (χ0) is 11.0. The van der Waals surface area contributed by atoms with Crippen LogP contribution in [0.1, 0.15) is 0 Å². The maximum Gasteiger partial charge on any atom is 0.249 e. The number of nitrogens with zero attached hydrogens (tertiary/aromatic N) is 1. The normalized spacial score (nSPS) is 13.9. The molecule has 2 aromatic rings. The molecule has 2 N–H and O–H groups in total. The van der Waals surface area contributed by atoms with Crippen molar-refractivity contribution in [2.24, 2.45) is 5.84 Å². The van der Waals surface area contributed by atoms with Crippen LogP contribution in [0.25, 0.3) is 0 Å². The third kappa shape index (κ3) is 1.66. The van der Waals surface area contributed by atoms with E-state index in [9.17, 15) is 0 Å². The van der Waals surface area contributed by atoms with Crippen LogP contribution in [-0.2, 0) is 0 Å². The summed E-state index contributed by atoms with van der Waals surface area (Å²) >= 11 is -0.0537. The third-order valence-corrected chi connectivity index (χ3v) is 7.62. The zero-order valence-corrected chi connectivity index (χ0v) is 11.4. The number of fused-ring (bicyclic) bond motifs is 2. The van der Waals surface area contributed by atoms with Gasteiger partial charge in [0, 0.05) is 12.1 Å². The van der Waals surface area contributed by atoms with E-state index < -0.39 is 0 Å². The molecule has 0 radical (unpaired) electrons. The molecular formula is C12H10IN2S+. The molecule has 16 heavy (non-hydrogen) atoms. The molecule has 1 heterocycles. The Morgan fingerprint density at radius 3 is 2.69 bits per heavy atom. The second kappa shape index (κ2) is 4.18. The Morgan fingerprint density at radius 2 is 1.75 bits per heavy atom. The molecule has 0 unspecified atom stereocenters. The van der Waals surface area contributed by atoms with Gasteiger partial charge in [0.25, 0.3) is 0 Å². The van der Waals surface area contributed by atoms with E-state index in [1.807, 2.05) is 25.8 Å². The summed E-state index contributed by atoms with van der Waals surface area (Å²) in [5.41, 5.74) is 1.11. The summed E-state index contributed by atoms with van der Waals surface area (Å²) in [5, 5.41) is 1.15. The first-order valence-electron chi connectivity index (χ1n) is 4.91. The summed E-state index contributed by atoms with van der Waals surface area (Å²) in [7, 11) is 1.94. The van der Waals surface area contributed by atoms with Gasteiger partial charge in [-0.1, -0.05) is 37.9 Å². The Bertz CT molecular complexity index is 667. The lowest BCUT2D eigenvalue weighted by Crippen LogP contribution is -2.32. The van der Waals surface area contributed by atoms with Crippen molar-refractivity contribution in [3.63, 3.8) is 0 Å². The largest absolute Gasteiger partial charge is 0.249 e. The number of halogens is 1. The molecular weight excluding hydrogens is 331 g/mol. The smallest absolute Gasteiger partial charge is 0.204 e. The van der Waals surface area contributed by atoms with Crippen molar-refractivity contribution in [2.45, 2.75) is 4.90 Å². The standard InChI is InChI=1S/C12H10IN2S/c14-15-10-6-2-1-5-9(10)13-16-12-8-4-3-7-11(12)15/h1-8H,14H2/q+1. The number of hydrogen-bond acceptors (Lipinski definition) is 2. The Balaban J connectivity index is 2.45. The minimum atomic E-state index is -0.0537. The summed E-state index contributed by atoms with van der Waals surface area (Å²) in [6.45, 7) is 0. The quantitative estimate of drug-likeness (QED) is 0.453. The molecule has 0 amide bonds.